The fourth-order valence-electron chi connectivity index (χ4n) is 1.70. The van der Waals surface area contributed by atoms with Gasteiger partial charge in [-0.2, -0.15) is 13.5 Å². The quantitative estimate of drug-likeness (QED) is 0.436. The van der Waals surface area contributed by atoms with Crippen molar-refractivity contribution in [2.75, 3.05) is 6.61 Å². The highest BCUT2D eigenvalue weighted by atomic mass is 79.9. The van der Waals surface area contributed by atoms with Crippen molar-refractivity contribution in [1.29, 1.82) is 0 Å². The van der Waals surface area contributed by atoms with E-state index in [0.717, 1.165) is 4.47 Å². The smallest absolute Gasteiger partial charge is 0.276 e. The van der Waals surface area contributed by atoms with Crippen LogP contribution in [0.3, 0.4) is 0 Å². The zero-order valence-corrected chi connectivity index (χ0v) is 15.4. The van der Waals surface area contributed by atoms with Crippen molar-refractivity contribution in [1.82, 2.24) is 4.83 Å². The first-order chi connectivity index (χ1) is 11.4. The summed E-state index contributed by atoms with van der Waals surface area (Å²) in [6.07, 6.45) is 6.51. The van der Waals surface area contributed by atoms with Crippen LogP contribution in [0.5, 0.6) is 5.75 Å². The molecule has 2 aromatic carbocycles. The summed E-state index contributed by atoms with van der Waals surface area (Å²) in [6, 6.07) is 11.0. The molecule has 0 radical (unpaired) electrons. The molecule has 8 heteroatoms. The second-order valence-corrected chi connectivity index (χ2v) is 7.49. The van der Waals surface area contributed by atoms with Crippen LogP contribution in [0.1, 0.15) is 5.56 Å². The van der Waals surface area contributed by atoms with E-state index in [2.05, 4.69) is 31.8 Å². The molecule has 0 saturated heterocycles. The lowest BCUT2D eigenvalue weighted by Gasteiger charge is -2.07. The van der Waals surface area contributed by atoms with Crippen molar-refractivity contribution < 1.29 is 13.2 Å². The van der Waals surface area contributed by atoms with E-state index in [9.17, 15) is 8.42 Å². The molecule has 0 fully saturated rings. The Morgan fingerprint density at radius 1 is 1.29 bits per heavy atom. The molecule has 0 aliphatic heterocycles. The number of ether oxygens (including phenoxy) is 1. The number of sulfonamides is 1. The van der Waals surface area contributed by atoms with Gasteiger partial charge in [-0.3, -0.25) is 0 Å². The third kappa shape index (κ3) is 4.99. The molecule has 2 rings (SSSR count). The average molecular weight is 428 g/mol. The Kier molecular flexibility index (Phi) is 6.26. The number of hydrazone groups is 1. The maximum absolute atomic E-state index is 12.1. The Labute approximate surface area is 153 Å². The molecule has 0 spiro atoms. The maximum atomic E-state index is 12.1. The van der Waals surface area contributed by atoms with E-state index in [-0.39, 0.29) is 11.5 Å². The summed E-state index contributed by atoms with van der Waals surface area (Å²) in [6.45, 7) is 0.0962. The van der Waals surface area contributed by atoms with Crippen molar-refractivity contribution in [3.63, 3.8) is 0 Å². The largest absolute Gasteiger partial charge is 0.480 e. The molecular formula is C16H12BrClN2O3S. The Balaban J connectivity index is 2.18. The van der Waals surface area contributed by atoms with Crippen LogP contribution < -0.4 is 9.57 Å². The molecule has 5 nitrogen and oxygen atoms in total. The normalized spacial score (nSPS) is 11.2. The lowest BCUT2D eigenvalue weighted by Crippen LogP contribution is -2.18. The molecule has 0 aliphatic carbocycles. The number of nitrogens with zero attached hydrogens (tertiary/aromatic N) is 1. The van der Waals surface area contributed by atoms with Gasteiger partial charge >= 0.3 is 0 Å². The predicted molar refractivity (Wildman–Crippen MR) is 97.8 cm³/mol. The van der Waals surface area contributed by atoms with Crippen LogP contribution in [0.2, 0.25) is 5.02 Å². The highest BCUT2D eigenvalue weighted by Crippen LogP contribution is 2.22. The molecule has 0 atom stereocenters. The maximum Gasteiger partial charge on any atom is 0.276 e. The van der Waals surface area contributed by atoms with Gasteiger partial charge in [0.25, 0.3) is 10.0 Å². The van der Waals surface area contributed by atoms with Crippen molar-refractivity contribution in [2.45, 2.75) is 4.90 Å². The van der Waals surface area contributed by atoms with E-state index in [1.807, 2.05) is 0 Å². The fraction of sp³-hybridized carbons (Fsp3) is 0.0625. The van der Waals surface area contributed by atoms with Crippen LogP contribution >= 0.6 is 27.5 Å². The van der Waals surface area contributed by atoms with E-state index in [4.69, 9.17) is 22.8 Å². The second-order valence-electron chi connectivity index (χ2n) is 4.48. The zero-order chi connectivity index (χ0) is 17.6. The minimum absolute atomic E-state index is 0.0575. The molecule has 1 N–H and O–H groups in total. The van der Waals surface area contributed by atoms with Crippen molar-refractivity contribution in [3.8, 4) is 18.1 Å². The van der Waals surface area contributed by atoms with E-state index in [1.54, 1.807) is 18.2 Å². The third-order valence-corrected chi connectivity index (χ3v) is 4.77. The Bertz CT molecular complexity index is 891. The molecule has 0 aromatic heterocycles. The van der Waals surface area contributed by atoms with Gasteiger partial charge in [-0.1, -0.05) is 33.5 Å². The fourth-order valence-corrected chi connectivity index (χ4v) is 3.00. The standard InChI is InChI=1S/C16H12BrClN2O3S/c1-2-9-23-16-8-3-13(17)10-12(16)11-19-20-24(21,22)15-6-4-14(18)5-7-15/h1,3-8,10-11,20H,9H2/b19-11+. The first kappa shape index (κ1) is 18.3. The number of terminal acetylenes is 1. The molecule has 2 aromatic rings. The van der Waals surface area contributed by atoms with Crippen LogP contribution in [0.4, 0.5) is 0 Å². The van der Waals surface area contributed by atoms with Gasteiger partial charge in [0, 0.05) is 15.1 Å². The number of nitrogens with one attached hydrogen (secondary N) is 1. The molecular weight excluding hydrogens is 416 g/mol. The predicted octanol–water partition coefficient (Wildman–Crippen LogP) is 3.43. The molecule has 0 heterocycles. The molecule has 0 aliphatic rings. The van der Waals surface area contributed by atoms with Gasteiger partial charge in [0.2, 0.25) is 0 Å². The van der Waals surface area contributed by atoms with Gasteiger partial charge in [0.05, 0.1) is 11.1 Å². The summed E-state index contributed by atoms with van der Waals surface area (Å²) >= 11 is 9.07. The van der Waals surface area contributed by atoms with Crippen molar-refractivity contribution in [3.05, 3.63) is 57.5 Å². The molecule has 24 heavy (non-hydrogen) atoms. The number of hydrogen-bond donors (Lipinski definition) is 1. The highest BCUT2D eigenvalue weighted by Gasteiger charge is 2.12. The third-order valence-electron chi connectivity index (χ3n) is 2.78. The van der Waals surface area contributed by atoms with Crippen LogP contribution in [-0.2, 0) is 10.0 Å². The summed E-state index contributed by atoms with van der Waals surface area (Å²) in [4.78, 5) is 2.19. The van der Waals surface area contributed by atoms with E-state index in [0.29, 0.717) is 16.3 Å². The van der Waals surface area contributed by atoms with Gasteiger partial charge in [-0.05, 0) is 42.5 Å². The molecule has 0 bridgehead atoms. The SMILES string of the molecule is C#CCOc1ccc(Br)cc1/C=N/NS(=O)(=O)c1ccc(Cl)cc1. The van der Waals surface area contributed by atoms with Gasteiger partial charge in [-0.15, -0.1) is 6.42 Å². The minimum atomic E-state index is -3.78. The second kappa shape index (κ2) is 8.20. The Morgan fingerprint density at radius 2 is 2.00 bits per heavy atom. The lowest BCUT2D eigenvalue weighted by molar-refractivity contribution is 0.370. The molecule has 0 amide bonds. The van der Waals surface area contributed by atoms with Crippen molar-refractivity contribution >= 4 is 43.8 Å². The molecule has 0 unspecified atom stereocenters. The first-order valence-electron chi connectivity index (χ1n) is 6.58. The Hall–Kier alpha value is -2.01. The monoisotopic (exact) mass is 426 g/mol. The summed E-state index contributed by atoms with van der Waals surface area (Å²) in [5.41, 5.74) is 0.568. The van der Waals surface area contributed by atoms with Gasteiger partial charge in [0.1, 0.15) is 12.4 Å². The summed E-state index contributed by atoms with van der Waals surface area (Å²) in [7, 11) is -3.78. The zero-order valence-electron chi connectivity index (χ0n) is 12.2. The van der Waals surface area contributed by atoms with Crippen molar-refractivity contribution in [2.24, 2.45) is 5.10 Å². The van der Waals surface area contributed by atoms with Crippen LogP contribution in [-0.4, -0.2) is 21.2 Å². The Morgan fingerprint density at radius 3 is 2.67 bits per heavy atom. The highest BCUT2D eigenvalue weighted by molar-refractivity contribution is 9.10. The van der Waals surface area contributed by atoms with E-state index >= 15 is 0 Å². The van der Waals surface area contributed by atoms with Gasteiger partial charge in [-0.25, -0.2) is 4.83 Å². The average Bonchev–Trinajstić information content (AvgIpc) is 2.54. The van der Waals surface area contributed by atoms with E-state index < -0.39 is 10.0 Å². The van der Waals surface area contributed by atoms with Gasteiger partial charge in [0.15, 0.2) is 0 Å². The van der Waals surface area contributed by atoms with E-state index in [1.165, 1.54) is 30.5 Å². The summed E-state index contributed by atoms with van der Waals surface area (Å²) < 4.78 is 30.4. The minimum Gasteiger partial charge on any atom is -0.480 e. The molecule has 0 saturated carbocycles. The number of hydrogen-bond acceptors (Lipinski definition) is 4. The van der Waals surface area contributed by atoms with Gasteiger partial charge < -0.3 is 4.74 Å². The topological polar surface area (TPSA) is 67.8 Å². The van der Waals surface area contributed by atoms with Crippen LogP contribution in [0, 0.1) is 12.3 Å². The number of rotatable bonds is 6. The lowest BCUT2D eigenvalue weighted by atomic mass is 10.2. The number of halogens is 2. The molecule has 124 valence electrons. The first-order valence-corrected chi connectivity index (χ1v) is 9.24. The number of benzene rings is 2. The van der Waals surface area contributed by atoms with Crippen LogP contribution in [0.15, 0.2) is 56.9 Å². The summed E-state index contributed by atoms with van der Waals surface area (Å²) in [5.74, 6) is 2.85. The summed E-state index contributed by atoms with van der Waals surface area (Å²) in [5, 5.41) is 4.22. The van der Waals surface area contributed by atoms with Crippen LogP contribution in [0.25, 0.3) is 0 Å².